The molecular formula is C16H15N3O4. The van der Waals surface area contributed by atoms with E-state index in [1.165, 1.54) is 17.7 Å². The lowest BCUT2D eigenvalue weighted by molar-refractivity contribution is -0.129. The fraction of sp³-hybridized carbons (Fsp3) is 0.250. The van der Waals surface area contributed by atoms with Crippen molar-refractivity contribution in [3.05, 3.63) is 57.8 Å². The molecule has 0 unspecified atom stereocenters. The molecular weight excluding hydrogens is 298 g/mol. The van der Waals surface area contributed by atoms with Crippen LogP contribution in [0, 0.1) is 0 Å². The van der Waals surface area contributed by atoms with E-state index in [1.807, 2.05) is 0 Å². The summed E-state index contributed by atoms with van der Waals surface area (Å²) >= 11 is 0. The van der Waals surface area contributed by atoms with Crippen LogP contribution in [0.5, 0.6) is 0 Å². The van der Waals surface area contributed by atoms with Crippen molar-refractivity contribution in [3.8, 4) is 5.69 Å². The average Bonchev–Trinajstić information content (AvgIpc) is 2.54. The number of aromatic nitrogens is 2. The second-order valence-corrected chi connectivity index (χ2v) is 5.39. The quantitative estimate of drug-likeness (QED) is 0.886. The Morgan fingerprint density at radius 3 is 2.74 bits per heavy atom. The van der Waals surface area contributed by atoms with Gasteiger partial charge >= 0.3 is 5.97 Å². The maximum atomic E-state index is 12.6. The number of carbonyl (C=O) groups is 2. The zero-order valence-corrected chi connectivity index (χ0v) is 12.5. The summed E-state index contributed by atoms with van der Waals surface area (Å²) in [5, 5.41) is 9.46. The van der Waals surface area contributed by atoms with Crippen LogP contribution in [0.2, 0.25) is 0 Å². The average molecular weight is 313 g/mol. The zero-order chi connectivity index (χ0) is 16.6. The van der Waals surface area contributed by atoms with Gasteiger partial charge in [0.1, 0.15) is 5.56 Å². The Morgan fingerprint density at radius 2 is 2.13 bits per heavy atom. The standard InChI is InChI=1S/C16H15N3O4/c1-10(20)18-6-4-13-11(8-18)9-19(12-3-2-5-17-7-12)15(21)14(13)16(22)23/h2-3,5,7,9H,4,6,8H2,1H3,(H,22,23). The first-order valence-electron chi connectivity index (χ1n) is 7.15. The molecule has 0 radical (unpaired) electrons. The van der Waals surface area contributed by atoms with Gasteiger partial charge in [0.05, 0.1) is 11.9 Å². The van der Waals surface area contributed by atoms with Crippen LogP contribution < -0.4 is 5.56 Å². The Balaban J connectivity index is 2.22. The lowest BCUT2D eigenvalue weighted by atomic mass is 9.96. The number of hydrogen-bond donors (Lipinski definition) is 1. The summed E-state index contributed by atoms with van der Waals surface area (Å²) in [6.07, 6.45) is 5.03. The summed E-state index contributed by atoms with van der Waals surface area (Å²) < 4.78 is 1.28. The van der Waals surface area contributed by atoms with Crippen molar-refractivity contribution in [1.29, 1.82) is 0 Å². The Hall–Kier alpha value is -2.96. The van der Waals surface area contributed by atoms with E-state index in [0.29, 0.717) is 36.3 Å². The largest absolute Gasteiger partial charge is 0.477 e. The SMILES string of the molecule is CC(=O)N1CCc2c(cn(-c3cccnc3)c(=O)c2C(=O)O)C1. The van der Waals surface area contributed by atoms with Gasteiger partial charge in [-0.15, -0.1) is 0 Å². The molecule has 0 saturated heterocycles. The number of hydrogen-bond acceptors (Lipinski definition) is 4. The Bertz CT molecular complexity index is 842. The third-order valence-corrected chi connectivity index (χ3v) is 3.98. The number of nitrogens with zero attached hydrogens (tertiary/aromatic N) is 3. The van der Waals surface area contributed by atoms with E-state index in [4.69, 9.17) is 0 Å². The highest BCUT2D eigenvalue weighted by molar-refractivity contribution is 5.89. The minimum atomic E-state index is -1.25. The van der Waals surface area contributed by atoms with Gasteiger partial charge in [0, 0.05) is 32.4 Å². The second-order valence-electron chi connectivity index (χ2n) is 5.39. The molecule has 1 N–H and O–H groups in total. The minimum Gasteiger partial charge on any atom is -0.477 e. The molecule has 118 valence electrons. The normalized spacial score (nSPS) is 13.5. The summed E-state index contributed by atoms with van der Waals surface area (Å²) in [6, 6.07) is 3.35. The predicted molar refractivity (Wildman–Crippen MR) is 81.6 cm³/mol. The van der Waals surface area contributed by atoms with Crippen LogP contribution >= 0.6 is 0 Å². The van der Waals surface area contributed by atoms with E-state index in [9.17, 15) is 19.5 Å². The molecule has 3 heterocycles. The van der Waals surface area contributed by atoms with E-state index < -0.39 is 11.5 Å². The van der Waals surface area contributed by atoms with Gasteiger partial charge in [-0.1, -0.05) is 0 Å². The first kappa shape index (κ1) is 15.0. The molecule has 1 aliphatic heterocycles. The number of carbonyl (C=O) groups excluding carboxylic acids is 1. The van der Waals surface area contributed by atoms with Crippen molar-refractivity contribution in [2.75, 3.05) is 6.54 Å². The number of carboxylic acids is 1. The highest BCUT2D eigenvalue weighted by atomic mass is 16.4. The summed E-state index contributed by atoms with van der Waals surface area (Å²) in [5.74, 6) is -1.33. The molecule has 0 spiro atoms. The van der Waals surface area contributed by atoms with E-state index in [2.05, 4.69) is 4.98 Å². The van der Waals surface area contributed by atoms with Crippen molar-refractivity contribution in [2.45, 2.75) is 19.9 Å². The molecule has 0 saturated carbocycles. The predicted octanol–water partition coefficient (Wildman–Crippen LogP) is 0.835. The van der Waals surface area contributed by atoms with Gasteiger partial charge in [-0.2, -0.15) is 0 Å². The van der Waals surface area contributed by atoms with Gasteiger partial charge in [0.15, 0.2) is 0 Å². The molecule has 23 heavy (non-hydrogen) atoms. The summed E-state index contributed by atoms with van der Waals surface area (Å²) in [7, 11) is 0. The monoisotopic (exact) mass is 313 g/mol. The first-order valence-corrected chi connectivity index (χ1v) is 7.15. The highest BCUT2D eigenvalue weighted by Gasteiger charge is 2.27. The third kappa shape index (κ3) is 2.61. The van der Waals surface area contributed by atoms with Crippen molar-refractivity contribution in [1.82, 2.24) is 14.5 Å². The number of rotatable bonds is 2. The molecule has 2 aromatic rings. The van der Waals surface area contributed by atoms with E-state index in [1.54, 1.807) is 29.4 Å². The van der Waals surface area contributed by atoms with E-state index in [0.717, 1.165) is 0 Å². The number of carboxylic acid groups (broad SMARTS) is 1. The van der Waals surface area contributed by atoms with Crippen LogP contribution in [0.1, 0.15) is 28.4 Å². The lowest BCUT2D eigenvalue weighted by Gasteiger charge is -2.29. The molecule has 2 aromatic heterocycles. The number of fused-ring (bicyclic) bond motifs is 1. The smallest absolute Gasteiger partial charge is 0.341 e. The Labute approximate surface area is 131 Å². The molecule has 3 rings (SSSR count). The zero-order valence-electron chi connectivity index (χ0n) is 12.5. The molecule has 7 heteroatoms. The van der Waals surface area contributed by atoms with Crippen LogP contribution in [0.4, 0.5) is 0 Å². The number of amides is 1. The molecule has 0 aliphatic carbocycles. The van der Waals surface area contributed by atoms with Crippen molar-refractivity contribution in [3.63, 3.8) is 0 Å². The molecule has 7 nitrogen and oxygen atoms in total. The molecule has 0 bridgehead atoms. The second kappa shape index (κ2) is 5.68. The molecule has 0 atom stereocenters. The van der Waals surface area contributed by atoms with Crippen molar-refractivity contribution >= 4 is 11.9 Å². The Kier molecular flexibility index (Phi) is 3.69. The molecule has 0 fully saturated rings. The first-order chi connectivity index (χ1) is 11.0. The van der Waals surface area contributed by atoms with Crippen LogP contribution in [0.15, 0.2) is 35.5 Å². The fourth-order valence-corrected chi connectivity index (χ4v) is 2.83. The van der Waals surface area contributed by atoms with Crippen molar-refractivity contribution in [2.24, 2.45) is 0 Å². The van der Waals surface area contributed by atoms with Crippen LogP contribution in [-0.4, -0.2) is 38.0 Å². The Morgan fingerprint density at radius 1 is 1.35 bits per heavy atom. The van der Waals surface area contributed by atoms with Crippen LogP contribution in [0.3, 0.4) is 0 Å². The third-order valence-electron chi connectivity index (χ3n) is 3.98. The summed E-state index contributed by atoms with van der Waals surface area (Å²) in [5.41, 5.74) is 0.866. The molecule has 0 aromatic carbocycles. The highest BCUT2D eigenvalue weighted by Crippen LogP contribution is 2.22. The van der Waals surface area contributed by atoms with E-state index in [-0.39, 0.29) is 11.5 Å². The molecule has 1 aliphatic rings. The maximum absolute atomic E-state index is 12.6. The minimum absolute atomic E-state index is 0.0772. The van der Waals surface area contributed by atoms with Crippen molar-refractivity contribution < 1.29 is 14.7 Å². The van der Waals surface area contributed by atoms with Gasteiger partial charge in [0.2, 0.25) is 5.91 Å². The fourth-order valence-electron chi connectivity index (χ4n) is 2.83. The van der Waals surface area contributed by atoms with Gasteiger partial charge < -0.3 is 10.0 Å². The lowest BCUT2D eigenvalue weighted by Crippen LogP contribution is -2.38. The number of pyridine rings is 2. The summed E-state index contributed by atoms with van der Waals surface area (Å²) in [6.45, 7) is 2.19. The van der Waals surface area contributed by atoms with Crippen LogP contribution in [-0.2, 0) is 17.8 Å². The van der Waals surface area contributed by atoms with Gasteiger partial charge in [-0.25, -0.2) is 4.79 Å². The number of aromatic carboxylic acids is 1. The topological polar surface area (TPSA) is 92.5 Å². The maximum Gasteiger partial charge on any atom is 0.341 e. The van der Waals surface area contributed by atoms with Gasteiger partial charge in [0.25, 0.3) is 5.56 Å². The summed E-state index contributed by atoms with van der Waals surface area (Å²) in [4.78, 5) is 41.3. The van der Waals surface area contributed by atoms with Gasteiger partial charge in [-0.05, 0) is 29.7 Å². The molecule has 1 amide bonds. The van der Waals surface area contributed by atoms with Crippen LogP contribution in [0.25, 0.3) is 5.69 Å². The van der Waals surface area contributed by atoms with E-state index >= 15 is 0 Å². The van der Waals surface area contributed by atoms with Gasteiger partial charge in [-0.3, -0.25) is 19.1 Å².